The van der Waals surface area contributed by atoms with Crippen molar-refractivity contribution in [3.63, 3.8) is 0 Å². The van der Waals surface area contributed by atoms with Crippen LogP contribution >= 0.6 is 0 Å². The zero-order valence-electron chi connectivity index (χ0n) is 16.6. The molecular formula is C19H24N2O7S. The molecule has 0 saturated carbocycles. The smallest absolute Gasteiger partial charge is 0.264 e. The Kier molecular flexibility index (Phi) is 6.70. The van der Waals surface area contributed by atoms with Crippen molar-refractivity contribution in [3.8, 4) is 22.6 Å². The first-order valence-corrected chi connectivity index (χ1v) is 10.5. The van der Waals surface area contributed by atoms with Crippen LogP contribution in [0.4, 0.5) is 0 Å². The molecule has 2 aromatic rings. The Morgan fingerprint density at radius 2 is 1.90 bits per heavy atom. The number of nitrogens with zero attached hydrogens (tertiary/aromatic N) is 1. The maximum Gasteiger partial charge on any atom is 0.264 e. The Morgan fingerprint density at radius 3 is 2.41 bits per heavy atom. The molecule has 0 aliphatic heterocycles. The number of aromatic nitrogens is 1. The number of carbonyl (C=O) groups is 1. The van der Waals surface area contributed by atoms with Crippen LogP contribution in [-0.2, 0) is 21.2 Å². The van der Waals surface area contributed by atoms with E-state index in [1.54, 1.807) is 24.3 Å². The molecule has 0 fully saturated rings. The number of nitrogens with one attached hydrogen (secondary N) is 1. The van der Waals surface area contributed by atoms with Gasteiger partial charge >= 0.3 is 0 Å². The van der Waals surface area contributed by atoms with Crippen LogP contribution in [-0.4, -0.2) is 49.3 Å². The molecule has 0 saturated heterocycles. The zero-order chi connectivity index (χ0) is 21.8. The van der Waals surface area contributed by atoms with Crippen LogP contribution in [0.1, 0.15) is 13.3 Å². The van der Waals surface area contributed by atoms with Crippen LogP contribution in [0.5, 0.6) is 11.5 Å². The summed E-state index contributed by atoms with van der Waals surface area (Å²) < 4.78 is 34.0. The molecule has 1 aromatic heterocycles. The van der Waals surface area contributed by atoms with Gasteiger partial charge in [0.15, 0.2) is 14.6 Å². The van der Waals surface area contributed by atoms with Crippen LogP contribution in [0.3, 0.4) is 0 Å². The molecule has 1 atom stereocenters. The first-order valence-electron chi connectivity index (χ1n) is 8.64. The lowest BCUT2D eigenvalue weighted by Crippen LogP contribution is -2.49. The molecule has 9 nitrogen and oxygen atoms in total. The predicted molar refractivity (Wildman–Crippen MR) is 107 cm³/mol. The number of hydrogen-bond donors (Lipinski definition) is 2. The van der Waals surface area contributed by atoms with Crippen molar-refractivity contribution in [2.24, 2.45) is 0 Å². The minimum atomic E-state index is -3.84. The molecule has 1 heterocycles. The molecule has 1 aromatic carbocycles. The van der Waals surface area contributed by atoms with Crippen molar-refractivity contribution in [2.75, 3.05) is 20.5 Å². The van der Waals surface area contributed by atoms with Gasteiger partial charge in [-0.3, -0.25) is 14.8 Å². The fourth-order valence-corrected chi connectivity index (χ4v) is 3.66. The van der Waals surface area contributed by atoms with E-state index in [1.165, 1.54) is 43.5 Å². The normalized spacial score (nSPS) is 13.4. The molecule has 29 heavy (non-hydrogen) atoms. The summed E-state index contributed by atoms with van der Waals surface area (Å²) in [6.07, 6.45) is 2.23. The lowest BCUT2D eigenvalue weighted by molar-refractivity contribution is -0.131. The number of hydroxylamine groups is 1. The zero-order valence-corrected chi connectivity index (χ0v) is 17.4. The van der Waals surface area contributed by atoms with Gasteiger partial charge < -0.3 is 14.0 Å². The number of hydrogen-bond acceptors (Lipinski definition) is 7. The van der Waals surface area contributed by atoms with Gasteiger partial charge in [-0.05, 0) is 37.1 Å². The third-order valence-electron chi connectivity index (χ3n) is 4.95. The first-order chi connectivity index (χ1) is 13.6. The van der Waals surface area contributed by atoms with Gasteiger partial charge in [0.05, 0.1) is 14.2 Å². The van der Waals surface area contributed by atoms with Gasteiger partial charge in [-0.15, -0.1) is 0 Å². The van der Waals surface area contributed by atoms with Gasteiger partial charge in [-0.25, -0.2) is 13.9 Å². The highest BCUT2D eigenvalue weighted by molar-refractivity contribution is 7.92. The van der Waals surface area contributed by atoms with Crippen LogP contribution in [0.2, 0.25) is 0 Å². The van der Waals surface area contributed by atoms with Gasteiger partial charge in [0, 0.05) is 36.7 Å². The molecular weight excluding hydrogens is 400 g/mol. The number of carbonyl (C=O) groups excluding carboxylic acids is 1. The summed E-state index contributed by atoms with van der Waals surface area (Å²) in [7, 11) is -0.791. The van der Waals surface area contributed by atoms with E-state index in [9.17, 15) is 18.0 Å². The SMILES string of the molecule is COc1ccc(-c2ccn(CCC(C)(C(=O)NO)S(C)(=O)=O)c(=O)c2)c(OC)c1. The van der Waals surface area contributed by atoms with Crippen molar-refractivity contribution in [2.45, 2.75) is 24.6 Å². The summed E-state index contributed by atoms with van der Waals surface area (Å²) >= 11 is 0. The molecule has 10 heteroatoms. The minimum Gasteiger partial charge on any atom is -0.497 e. The van der Waals surface area contributed by atoms with E-state index >= 15 is 0 Å². The highest BCUT2D eigenvalue weighted by atomic mass is 32.2. The van der Waals surface area contributed by atoms with Crippen LogP contribution in [0.25, 0.3) is 11.1 Å². The topological polar surface area (TPSA) is 124 Å². The molecule has 0 radical (unpaired) electrons. The molecule has 0 bridgehead atoms. The molecule has 0 spiro atoms. The maximum absolute atomic E-state index is 12.5. The number of ether oxygens (including phenoxy) is 2. The minimum absolute atomic E-state index is 0.0319. The Labute approximate surface area is 168 Å². The van der Waals surface area contributed by atoms with Gasteiger partial charge in [0.2, 0.25) is 0 Å². The largest absolute Gasteiger partial charge is 0.497 e. The van der Waals surface area contributed by atoms with E-state index < -0.39 is 20.5 Å². The number of rotatable bonds is 8. The second-order valence-corrected chi connectivity index (χ2v) is 9.15. The highest BCUT2D eigenvalue weighted by Crippen LogP contribution is 2.32. The number of aryl methyl sites for hydroxylation is 1. The van der Waals surface area contributed by atoms with Crippen molar-refractivity contribution in [1.82, 2.24) is 10.0 Å². The van der Waals surface area contributed by atoms with Crippen molar-refractivity contribution in [3.05, 3.63) is 46.9 Å². The standard InChI is InChI=1S/C19H24N2O7S/c1-19(18(23)20-24,29(4,25)26)8-10-21-9-7-13(11-17(21)22)15-6-5-14(27-2)12-16(15)28-3/h5-7,9,11-12,24H,8,10H2,1-4H3,(H,20,23). The summed E-state index contributed by atoms with van der Waals surface area (Å²) in [4.78, 5) is 24.4. The Bertz CT molecular complexity index is 1060. The Balaban J connectivity index is 2.33. The average molecular weight is 424 g/mol. The second-order valence-electron chi connectivity index (χ2n) is 6.71. The second kappa shape index (κ2) is 8.66. The lowest BCUT2D eigenvalue weighted by atomic mass is 10.0. The lowest BCUT2D eigenvalue weighted by Gasteiger charge is -2.25. The van der Waals surface area contributed by atoms with Crippen LogP contribution < -0.4 is 20.5 Å². The van der Waals surface area contributed by atoms with Crippen molar-refractivity contribution < 1.29 is 27.9 Å². The summed E-state index contributed by atoms with van der Waals surface area (Å²) in [5.74, 6) is 0.0968. The van der Waals surface area contributed by atoms with E-state index in [2.05, 4.69) is 0 Å². The number of pyridine rings is 1. The summed E-state index contributed by atoms with van der Waals surface area (Å²) in [6.45, 7) is 1.17. The van der Waals surface area contributed by atoms with Crippen molar-refractivity contribution >= 4 is 15.7 Å². The number of benzene rings is 1. The van der Waals surface area contributed by atoms with Gasteiger partial charge in [0.1, 0.15) is 11.5 Å². The molecule has 0 aliphatic rings. The van der Waals surface area contributed by atoms with Gasteiger partial charge in [-0.1, -0.05) is 0 Å². The Morgan fingerprint density at radius 1 is 1.21 bits per heavy atom. The maximum atomic E-state index is 12.5. The quantitative estimate of drug-likeness (QED) is 0.482. The fraction of sp³-hybridized carbons (Fsp3) is 0.368. The fourth-order valence-electron chi connectivity index (χ4n) is 2.82. The predicted octanol–water partition coefficient (Wildman–Crippen LogP) is 1.23. The number of sulfone groups is 1. The molecule has 2 N–H and O–H groups in total. The molecule has 158 valence electrons. The van der Waals surface area contributed by atoms with Crippen LogP contribution in [0, 0.1) is 0 Å². The van der Waals surface area contributed by atoms with E-state index in [0.29, 0.717) is 22.6 Å². The van der Waals surface area contributed by atoms with E-state index in [-0.39, 0.29) is 18.5 Å². The van der Waals surface area contributed by atoms with E-state index in [1.807, 2.05) is 0 Å². The summed E-state index contributed by atoms with van der Waals surface area (Å²) in [5.41, 5.74) is 2.32. The average Bonchev–Trinajstić information content (AvgIpc) is 2.70. The van der Waals surface area contributed by atoms with Gasteiger partial charge in [0.25, 0.3) is 11.5 Å². The van der Waals surface area contributed by atoms with Crippen molar-refractivity contribution in [1.29, 1.82) is 0 Å². The first kappa shape index (κ1) is 22.4. The third kappa shape index (κ3) is 4.60. The third-order valence-corrected chi connectivity index (χ3v) is 6.97. The van der Waals surface area contributed by atoms with E-state index in [0.717, 1.165) is 6.26 Å². The summed E-state index contributed by atoms with van der Waals surface area (Å²) in [5, 5.41) is 8.88. The van der Waals surface area contributed by atoms with E-state index in [4.69, 9.17) is 14.7 Å². The molecule has 0 aliphatic carbocycles. The summed E-state index contributed by atoms with van der Waals surface area (Å²) in [6, 6.07) is 8.30. The van der Waals surface area contributed by atoms with Crippen LogP contribution in [0.15, 0.2) is 41.3 Å². The van der Waals surface area contributed by atoms with Gasteiger partial charge in [-0.2, -0.15) is 0 Å². The molecule has 2 rings (SSSR count). The number of amides is 1. The monoisotopic (exact) mass is 424 g/mol. The molecule has 1 amide bonds. The highest BCUT2D eigenvalue weighted by Gasteiger charge is 2.43. The number of methoxy groups -OCH3 is 2. The molecule has 1 unspecified atom stereocenters. The Hall–Kier alpha value is -2.85.